The van der Waals surface area contributed by atoms with Crippen molar-refractivity contribution in [2.45, 2.75) is 26.7 Å². The topological polar surface area (TPSA) is 109 Å². The first-order chi connectivity index (χ1) is 17.4. The number of hydrogen-bond donors (Lipinski definition) is 2. The van der Waals surface area contributed by atoms with Gasteiger partial charge in [0.05, 0.1) is 18.0 Å². The van der Waals surface area contributed by atoms with Crippen LogP contribution in [0.15, 0.2) is 72.9 Å². The van der Waals surface area contributed by atoms with E-state index < -0.39 is 17.2 Å². The standard InChI is InChI=1S/C27H26N2O6S/c1-3-4-15-34-27(31)25-26(30)24-14-13-23(16-19(24)17-28-25)35-22-11-9-21(10-12-22)29(36(32)33)20-7-5-18(2)6-8-20/h5-14,16-17,30H,3-4,15H2,1-2H3,(H,32,33). The maximum atomic E-state index is 12.2. The Labute approximate surface area is 211 Å². The number of aromatic hydroxyl groups is 1. The highest BCUT2D eigenvalue weighted by atomic mass is 32.2. The van der Waals surface area contributed by atoms with Crippen molar-refractivity contribution in [3.05, 3.63) is 84.2 Å². The Balaban J connectivity index is 1.52. The Bertz CT molecular complexity index is 1390. The molecule has 0 amide bonds. The van der Waals surface area contributed by atoms with Crippen molar-refractivity contribution in [1.29, 1.82) is 0 Å². The van der Waals surface area contributed by atoms with Gasteiger partial charge < -0.3 is 14.6 Å². The largest absolute Gasteiger partial charge is 0.505 e. The summed E-state index contributed by atoms with van der Waals surface area (Å²) in [6, 6.07) is 19.1. The third-order valence-corrected chi connectivity index (χ3v) is 6.23. The second kappa shape index (κ2) is 11.2. The Kier molecular flexibility index (Phi) is 7.82. The fourth-order valence-electron chi connectivity index (χ4n) is 3.57. The molecule has 0 aliphatic heterocycles. The lowest BCUT2D eigenvalue weighted by molar-refractivity contribution is 0.0489. The van der Waals surface area contributed by atoms with Crippen LogP contribution in [0.1, 0.15) is 35.8 Å². The molecule has 0 spiro atoms. The monoisotopic (exact) mass is 506 g/mol. The fraction of sp³-hybridized carbons (Fsp3) is 0.185. The number of esters is 1. The molecule has 0 radical (unpaired) electrons. The van der Waals surface area contributed by atoms with Crippen molar-refractivity contribution in [3.63, 3.8) is 0 Å². The summed E-state index contributed by atoms with van der Waals surface area (Å²) in [7, 11) is 0. The number of unbranched alkanes of at least 4 members (excludes halogenated alkanes) is 1. The molecule has 0 aliphatic carbocycles. The first kappa shape index (κ1) is 25.2. The van der Waals surface area contributed by atoms with Crippen LogP contribution in [0.25, 0.3) is 10.8 Å². The summed E-state index contributed by atoms with van der Waals surface area (Å²) in [5.41, 5.74) is 2.04. The molecule has 0 saturated heterocycles. The van der Waals surface area contributed by atoms with Crippen molar-refractivity contribution >= 4 is 39.4 Å². The summed E-state index contributed by atoms with van der Waals surface area (Å²) in [5, 5.41) is 11.6. The van der Waals surface area contributed by atoms with Crippen LogP contribution in [0.5, 0.6) is 17.2 Å². The second-order valence-corrected chi connectivity index (χ2v) is 8.98. The summed E-state index contributed by atoms with van der Waals surface area (Å²) >= 11 is -2.25. The van der Waals surface area contributed by atoms with Gasteiger partial charge in [0.1, 0.15) is 11.5 Å². The Hall–Kier alpha value is -3.95. The van der Waals surface area contributed by atoms with E-state index in [2.05, 4.69) is 4.98 Å². The lowest BCUT2D eigenvalue weighted by Gasteiger charge is -2.20. The molecule has 9 heteroatoms. The average molecular weight is 507 g/mol. The molecule has 2 N–H and O–H groups in total. The van der Waals surface area contributed by atoms with Crippen LogP contribution in [-0.4, -0.2) is 31.4 Å². The number of benzene rings is 3. The van der Waals surface area contributed by atoms with Crippen LogP contribution < -0.4 is 9.04 Å². The zero-order valence-corrected chi connectivity index (χ0v) is 20.7. The van der Waals surface area contributed by atoms with Gasteiger partial charge in [0, 0.05) is 17.0 Å². The molecule has 1 atom stereocenters. The number of carbonyl (C=O) groups is 1. The lowest BCUT2D eigenvalue weighted by atomic mass is 10.1. The minimum Gasteiger partial charge on any atom is -0.505 e. The van der Waals surface area contributed by atoms with E-state index in [9.17, 15) is 18.7 Å². The first-order valence-corrected chi connectivity index (χ1v) is 12.5. The SMILES string of the molecule is CCCCOC(=O)c1ncc2cc(Oc3ccc(N(c4ccc(C)cc4)S(=O)O)cc3)ccc2c1O. The number of fused-ring (bicyclic) bond motifs is 1. The number of carbonyl (C=O) groups excluding carboxylic acids is 1. The molecule has 0 bridgehead atoms. The highest BCUT2D eigenvalue weighted by molar-refractivity contribution is 7.81. The van der Waals surface area contributed by atoms with Gasteiger partial charge in [-0.2, -0.15) is 0 Å². The van der Waals surface area contributed by atoms with Gasteiger partial charge >= 0.3 is 5.97 Å². The second-order valence-electron chi connectivity index (χ2n) is 8.15. The molecule has 1 unspecified atom stereocenters. The summed E-state index contributed by atoms with van der Waals surface area (Å²) in [4.78, 5) is 16.3. The van der Waals surface area contributed by atoms with Gasteiger partial charge in [0.2, 0.25) is 0 Å². The third-order valence-electron chi connectivity index (χ3n) is 5.49. The molecular weight excluding hydrogens is 480 g/mol. The normalized spacial score (nSPS) is 11.8. The molecule has 1 heterocycles. The number of nitrogens with zero attached hydrogens (tertiary/aromatic N) is 2. The summed E-state index contributed by atoms with van der Waals surface area (Å²) in [6.45, 7) is 4.21. The number of aromatic nitrogens is 1. The number of aryl methyl sites for hydroxylation is 1. The van der Waals surface area contributed by atoms with E-state index in [0.29, 0.717) is 33.6 Å². The zero-order valence-electron chi connectivity index (χ0n) is 19.9. The van der Waals surface area contributed by atoms with E-state index >= 15 is 0 Å². The predicted molar refractivity (Wildman–Crippen MR) is 139 cm³/mol. The molecule has 36 heavy (non-hydrogen) atoms. The zero-order chi connectivity index (χ0) is 25.7. The van der Waals surface area contributed by atoms with Gasteiger partial charge in [-0.1, -0.05) is 31.0 Å². The molecule has 186 valence electrons. The van der Waals surface area contributed by atoms with Gasteiger partial charge in [-0.25, -0.2) is 18.3 Å². The molecule has 3 aromatic carbocycles. The van der Waals surface area contributed by atoms with E-state index in [4.69, 9.17) is 9.47 Å². The molecule has 1 aromatic heterocycles. The van der Waals surface area contributed by atoms with Crippen molar-refractivity contribution in [3.8, 4) is 17.2 Å². The van der Waals surface area contributed by atoms with Crippen LogP contribution >= 0.6 is 0 Å². The maximum absolute atomic E-state index is 12.2. The minimum atomic E-state index is -2.25. The maximum Gasteiger partial charge on any atom is 0.360 e. The average Bonchev–Trinajstić information content (AvgIpc) is 2.86. The molecular formula is C27H26N2O6S. The van der Waals surface area contributed by atoms with Crippen molar-refractivity contribution in [2.75, 3.05) is 10.9 Å². The van der Waals surface area contributed by atoms with E-state index in [1.54, 1.807) is 54.6 Å². The molecule has 4 rings (SSSR count). The Morgan fingerprint density at radius 2 is 1.64 bits per heavy atom. The Morgan fingerprint density at radius 3 is 2.28 bits per heavy atom. The van der Waals surface area contributed by atoms with E-state index in [1.165, 1.54) is 10.5 Å². The Morgan fingerprint density at radius 1 is 1.00 bits per heavy atom. The number of rotatable bonds is 9. The number of ether oxygens (including phenoxy) is 2. The van der Waals surface area contributed by atoms with Crippen LogP contribution in [-0.2, 0) is 16.0 Å². The summed E-state index contributed by atoms with van der Waals surface area (Å²) < 4.78 is 34.2. The number of anilines is 2. The van der Waals surface area contributed by atoms with Crippen LogP contribution in [0.3, 0.4) is 0 Å². The van der Waals surface area contributed by atoms with E-state index in [0.717, 1.165) is 18.4 Å². The van der Waals surface area contributed by atoms with E-state index in [-0.39, 0.29) is 18.1 Å². The molecule has 4 aromatic rings. The quantitative estimate of drug-likeness (QED) is 0.156. The first-order valence-electron chi connectivity index (χ1n) is 11.4. The smallest absolute Gasteiger partial charge is 0.360 e. The van der Waals surface area contributed by atoms with Crippen LogP contribution in [0.2, 0.25) is 0 Å². The van der Waals surface area contributed by atoms with Crippen LogP contribution in [0, 0.1) is 6.92 Å². The molecule has 0 fully saturated rings. The lowest BCUT2D eigenvalue weighted by Crippen LogP contribution is -2.19. The predicted octanol–water partition coefficient (Wildman–Crippen LogP) is 6.27. The third kappa shape index (κ3) is 5.64. The summed E-state index contributed by atoms with van der Waals surface area (Å²) in [5.74, 6) is 0.111. The minimum absolute atomic E-state index is 0.123. The van der Waals surface area contributed by atoms with Crippen molar-refractivity contribution in [1.82, 2.24) is 4.98 Å². The number of pyridine rings is 1. The van der Waals surface area contributed by atoms with Gasteiger partial charge in [-0.15, -0.1) is 0 Å². The fourth-order valence-corrected chi connectivity index (χ4v) is 4.18. The van der Waals surface area contributed by atoms with Crippen molar-refractivity contribution in [2.24, 2.45) is 0 Å². The van der Waals surface area contributed by atoms with Crippen LogP contribution in [0.4, 0.5) is 11.4 Å². The molecule has 8 nitrogen and oxygen atoms in total. The number of hydrogen-bond acceptors (Lipinski definition) is 6. The molecule has 0 aliphatic rings. The highest BCUT2D eigenvalue weighted by Crippen LogP contribution is 2.33. The van der Waals surface area contributed by atoms with Gasteiger partial charge in [0.25, 0.3) is 11.3 Å². The molecule has 0 saturated carbocycles. The van der Waals surface area contributed by atoms with Crippen molar-refractivity contribution < 1.29 is 28.1 Å². The van der Waals surface area contributed by atoms with Gasteiger partial charge in [-0.3, -0.25) is 4.55 Å². The highest BCUT2D eigenvalue weighted by Gasteiger charge is 2.18. The van der Waals surface area contributed by atoms with Gasteiger partial charge in [-0.05, 0) is 67.9 Å². The van der Waals surface area contributed by atoms with Gasteiger partial charge in [0.15, 0.2) is 11.4 Å². The summed E-state index contributed by atoms with van der Waals surface area (Å²) in [6.07, 6.45) is 3.11. The van der Waals surface area contributed by atoms with E-state index in [1.807, 2.05) is 26.0 Å².